The Bertz CT molecular complexity index is 272. The van der Waals surface area contributed by atoms with Crippen molar-refractivity contribution in [3.05, 3.63) is 0 Å². The zero-order chi connectivity index (χ0) is 15.2. The van der Waals surface area contributed by atoms with Crippen molar-refractivity contribution in [3.8, 4) is 0 Å². The van der Waals surface area contributed by atoms with Crippen LogP contribution in [0, 0.1) is 0 Å². The topological polar surface area (TPSA) is 35.9 Å². The Hall–Kier alpha value is 0.0569. The predicted molar refractivity (Wildman–Crippen MR) is 87.7 cm³/mol. The third kappa shape index (κ3) is 5.82. The molecular weight excluding hydrogens is 268 g/mol. The van der Waals surface area contributed by atoms with Gasteiger partial charge in [0, 0.05) is 52.5 Å². The van der Waals surface area contributed by atoms with Gasteiger partial charge >= 0.3 is 0 Å². The quantitative estimate of drug-likeness (QED) is 0.730. The average Bonchev–Trinajstić information content (AvgIpc) is 2.36. The van der Waals surface area contributed by atoms with Crippen LogP contribution in [0.2, 0.25) is 18.1 Å². The highest BCUT2D eigenvalue weighted by Gasteiger charge is 2.37. The first-order chi connectivity index (χ1) is 9.26. The van der Waals surface area contributed by atoms with Gasteiger partial charge in [0.2, 0.25) is 0 Å². The summed E-state index contributed by atoms with van der Waals surface area (Å²) in [6.45, 7) is 19.3. The van der Waals surface area contributed by atoms with Crippen LogP contribution in [0.5, 0.6) is 0 Å². The summed E-state index contributed by atoms with van der Waals surface area (Å²) < 4.78 is 6.24. The maximum absolute atomic E-state index is 8.86. The van der Waals surface area contributed by atoms with E-state index >= 15 is 0 Å². The van der Waals surface area contributed by atoms with Crippen LogP contribution in [0.4, 0.5) is 0 Å². The van der Waals surface area contributed by atoms with Crippen molar-refractivity contribution in [1.82, 2.24) is 9.80 Å². The zero-order valence-electron chi connectivity index (χ0n) is 14.1. The average molecular weight is 303 g/mol. The number of piperazine rings is 1. The van der Waals surface area contributed by atoms with E-state index in [2.05, 4.69) is 43.7 Å². The number of hydrogen-bond donors (Lipinski definition) is 1. The lowest BCUT2D eigenvalue weighted by Gasteiger charge is -2.38. The first kappa shape index (κ1) is 18.1. The smallest absolute Gasteiger partial charge is 0.192 e. The van der Waals surface area contributed by atoms with Crippen LogP contribution in [0.25, 0.3) is 0 Å². The van der Waals surface area contributed by atoms with Gasteiger partial charge in [-0.15, -0.1) is 0 Å². The molecule has 0 spiro atoms. The van der Waals surface area contributed by atoms with Gasteiger partial charge in [-0.05, 0) is 24.6 Å². The van der Waals surface area contributed by atoms with Gasteiger partial charge in [0.15, 0.2) is 8.32 Å². The molecule has 4 nitrogen and oxygen atoms in total. The van der Waals surface area contributed by atoms with E-state index in [0.717, 1.165) is 52.3 Å². The van der Waals surface area contributed by atoms with Crippen LogP contribution < -0.4 is 0 Å². The molecule has 1 rings (SSSR count). The van der Waals surface area contributed by atoms with E-state index in [4.69, 9.17) is 9.53 Å². The minimum atomic E-state index is -1.59. The molecule has 1 aliphatic rings. The second kappa shape index (κ2) is 7.89. The summed E-state index contributed by atoms with van der Waals surface area (Å²) in [6.07, 6.45) is 0.897. The van der Waals surface area contributed by atoms with Crippen molar-refractivity contribution in [1.29, 1.82) is 0 Å². The van der Waals surface area contributed by atoms with E-state index < -0.39 is 8.32 Å². The minimum Gasteiger partial charge on any atom is -0.416 e. The molecule has 1 saturated heterocycles. The van der Waals surface area contributed by atoms with Crippen molar-refractivity contribution in [3.63, 3.8) is 0 Å². The standard InChI is InChI=1S/C15H34N2O2Si/c1-15(2,3)20(4,5)19-14-12-17-10-8-16(9-11-17)7-6-13-18/h18H,6-14H2,1-5H3. The second-order valence-electron chi connectivity index (χ2n) is 7.37. The van der Waals surface area contributed by atoms with Gasteiger partial charge in [0.1, 0.15) is 0 Å². The fourth-order valence-corrected chi connectivity index (χ4v) is 3.21. The molecule has 0 aliphatic carbocycles. The Labute approximate surface area is 126 Å². The molecule has 1 heterocycles. The molecule has 20 heavy (non-hydrogen) atoms. The van der Waals surface area contributed by atoms with Crippen molar-refractivity contribution in [2.24, 2.45) is 0 Å². The summed E-state index contributed by atoms with van der Waals surface area (Å²) in [4.78, 5) is 4.95. The SMILES string of the molecule is CC(C)(C)[Si](C)(C)OCCN1CCN(CCCO)CC1. The van der Waals surface area contributed by atoms with Crippen molar-refractivity contribution in [2.75, 3.05) is 52.5 Å². The van der Waals surface area contributed by atoms with Crippen molar-refractivity contribution >= 4 is 8.32 Å². The molecule has 0 radical (unpaired) electrons. The first-order valence-corrected chi connectivity index (χ1v) is 10.9. The molecule has 0 aromatic rings. The van der Waals surface area contributed by atoms with E-state index in [9.17, 15) is 0 Å². The van der Waals surface area contributed by atoms with Crippen LogP contribution in [-0.2, 0) is 4.43 Å². The van der Waals surface area contributed by atoms with Crippen LogP contribution >= 0.6 is 0 Å². The molecule has 0 saturated carbocycles. The fraction of sp³-hybridized carbons (Fsp3) is 1.00. The number of aliphatic hydroxyl groups is 1. The monoisotopic (exact) mass is 302 g/mol. The molecule has 0 atom stereocenters. The van der Waals surface area contributed by atoms with Crippen molar-refractivity contribution < 1.29 is 9.53 Å². The molecule has 1 N–H and O–H groups in total. The molecule has 0 aromatic heterocycles. The minimum absolute atomic E-state index is 0.302. The third-order valence-electron chi connectivity index (χ3n) is 4.77. The molecule has 120 valence electrons. The van der Waals surface area contributed by atoms with E-state index in [-0.39, 0.29) is 0 Å². The lowest BCUT2D eigenvalue weighted by atomic mass is 10.2. The van der Waals surface area contributed by atoms with Gasteiger partial charge in [0.25, 0.3) is 0 Å². The Balaban J connectivity index is 2.19. The lowest BCUT2D eigenvalue weighted by molar-refractivity contribution is 0.109. The second-order valence-corrected chi connectivity index (χ2v) is 12.2. The summed E-state index contributed by atoms with van der Waals surface area (Å²) >= 11 is 0. The molecule has 1 fully saturated rings. The number of aliphatic hydroxyl groups excluding tert-OH is 1. The lowest BCUT2D eigenvalue weighted by Crippen LogP contribution is -2.48. The molecule has 5 heteroatoms. The molecule has 0 unspecified atom stereocenters. The summed E-state index contributed by atoms with van der Waals surface area (Å²) in [5.74, 6) is 0. The van der Waals surface area contributed by atoms with E-state index in [1.54, 1.807) is 0 Å². The van der Waals surface area contributed by atoms with E-state index in [1.807, 2.05) is 0 Å². The number of rotatable bonds is 7. The summed E-state index contributed by atoms with van der Waals surface area (Å²) in [6, 6.07) is 0. The van der Waals surface area contributed by atoms with Gasteiger partial charge in [-0.3, -0.25) is 4.90 Å². The van der Waals surface area contributed by atoms with E-state index in [0.29, 0.717) is 11.6 Å². The third-order valence-corrected chi connectivity index (χ3v) is 9.31. The van der Waals surface area contributed by atoms with Crippen LogP contribution in [0.15, 0.2) is 0 Å². The van der Waals surface area contributed by atoms with Gasteiger partial charge in [-0.25, -0.2) is 0 Å². The van der Waals surface area contributed by atoms with Crippen LogP contribution in [-0.4, -0.2) is 75.7 Å². The molecule has 0 bridgehead atoms. The summed E-state index contributed by atoms with van der Waals surface area (Å²) in [5.41, 5.74) is 0. The Kier molecular flexibility index (Phi) is 7.15. The first-order valence-electron chi connectivity index (χ1n) is 7.96. The van der Waals surface area contributed by atoms with Crippen LogP contribution in [0.1, 0.15) is 27.2 Å². The Morgan fingerprint density at radius 2 is 1.50 bits per heavy atom. The predicted octanol–water partition coefficient (Wildman–Crippen LogP) is 2.01. The molecular formula is C15H34N2O2Si. The van der Waals surface area contributed by atoms with E-state index in [1.165, 1.54) is 0 Å². The molecule has 1 aliphatic heterocycles. The normalized spacial score (nSPS) is 19.5. The number of nitrogens with zero attached hydrogens (tertiary/aromatic N) is 2. The maximum Gasteiger partial charge on any atom is 0.192 e. The van der Waals surface area contributed by atoms with Crippen molar-refractivity contribution in [2.45, 2.75) is 45.3 Å². The highest BCUT2D eigenvalue weighted by atomic mass is 28.4. The fourth-order valence-electron chi connectivity index (χ4n) is 2.18. The highest BCUT2D eigenvalue weighted by molar-refractivity contribution is 6.74. The molecule has 0 amide bonds. The largest absolute Gasteiger partial charge is 0.416 e. The Morgan fingerprint density at radius 1 is 1.00 bits per heavy atom. The zero-order valence-corrected chi connectivity index (χ0v) is 15.1. The summed E-state index contributed by atoms with van der Waals surface area (Å²) in [5, 5.41) is 9.16. The summed E-state index contributed by atoms with van der Waals surface area (Å²) in [7, 11) is -1.59. The van der Waals surface area contributed by atoms with Gasteiger partial charge in [0.05, 0.1) is 0 Å². The van der Waals surface area contributed by atoms with Gasteiger partial charge in [-0.1, -0.05) is 20.8 Å². The Morgan fingerprint density at radius 3 is 1.95 bits per heavy atom. The molecule has 0 aromatic carbocycles. The maximum atomic E-state index is 8.86. The highest BCUT2D eigenvalue weighted by Crippen LogP contribution is 2.36. The van der Waals surface area contributed by atoms with Crippen LogP contribution in [0.3, 0.4) is 0 Å². The van der Waals surface area contributed by atoms with Gasteiger partial charge < -0.3 is 14.4 Å². The number of hydrogen-bond acceptors (Lipinski definition) is 4. The van der Waals surface area contributed by atoms with Gasteiger partial charge in [-0.2, -0.15) is 0 Å².